The Hall–Kier alpha value is -1.64. The first kappa shape index (κ1) is 16.4. The van der Waals surface area contributed by atoms with Gasteiger partial charge in [-0.1, -0.05) is 55.1 Å². The molecule has 0 spiro atoms. The molecular weight excluding hydrogens is 248 g/mol. The zero-order valence-corrected chi connectivity index (χ0v) is 12.5. The van der Waals surface area contributed by atoms with Crippen molar-refractivity contribution in [2.75, 3.05) is 6.61 Å². The van der Waals surface area contributed by atoms with Crippen molar-refractivity contribution in [3.63, 3.8) is 0 Å². The number of benzene rings is 1. The molecule has 0 amide bonds. The maximum atomic E-state index is 6.09. The topological polar surface area (TPSA) is 18.5 Å². The van der Waals surface area contributed by atoms with Crippen LogP contribution in [0.1, 0.15) is 31.9 Å². The van der Waals surface area contributed by atoms with Gasteiger partial charge in [-0.05, 0) is 31.4 Å². The van der Waals surface area contributed by atoms with Crippen LogP contribution in [0.15, 0.2) is 67.3 Å². The fraction of sp³-hybridized carbons (Fsp3) is 0.333. The minimum Gasteiger partial charge on any atom is -0.349 e. The summed E-state index contributed by atoms with van der Waals surface area (Å²) in [4.78, 5) is 0. The van der Waals surface area contributed by atoms with Gasteiger partial charge in [0.2, 0.25) is 0 Å². The second kappa shape index (κ2) is 8.51. The second-order valence-corrected chi connectivity index (χ2v) is 4.76. The van der Waals surface area contributed by atoms with Gasteiger partial charge < -0.3 is 9.47 Å². The number of hydrogen-bond donors (Lipinski definition) is 0. The fourth-order valence-electron chi connectivity index (χ4n) is 1.86. The molecule has 0 aliphatic rings. The Labute approximate surface area is 122 Å². The minimum absolute atomic E-state index is 0.0954. The lowest BCUT2D eigenvalue weighted by Gasteiger charge is -2.25. The van der Waals surface area contributed by atoms with Crippen LogP contribution in [0.2, 0.25) is 0 Å². The summed E-state index contributed by atoms with van der Waals surface area (Å²) in [6, 6.07) is 10.1. The molecule has 1 aromatic carbocycles. The quantitative estimate of drug-likeness (QED) is 0.365. The Kier molecular flexibility index (Phi) is 6.99. The van der Waals surface area contributed by atoms with Crippen molar-refractivity contribution in [3.8, 4) is 0 Å². The minimum atomic E-state index is -0.470. The molecule has 0 aliphatic carbocycles. The number of hydrogen-bond acceptors (Lipinski definition) is 2. The standard InChI is InChI=1S/C18H24O2/c1-6-15(5)18(19-7-2)20-17(13-14(3)4)16-11-9-8-10-12-16/h6,8-12,17-18H,1,3,5,7,13H2,2,4H3/t17-,18-/m0/s1. The Balaban J connectivity index is 2.90. The zero-order chi connectivity index (χ0) is 15.0. The molecular formula is C18H24O2. The predicted octanol–water partition coefficient (Wildman–Crippen LogP) is 4.82. The summed E-state index contributed by atoms with van der Waals surface area (Å²) in [7, 11) is 0. The molecule has 2 heteroatoms. The maximum absolute atomic E-state index is 6.09. The molecule has 0 saturated heterocycles. The van der Waals surface area contributed by atoms with Crippen molar-refractivity contribution >= 4 is 0 Å². The number of rotatable bonds is 9. The molecule has 0 N–H and O–H groups in total. The van der Waals surface area contributed by atoms with Gasteiger partial charge in [-0.3, -0.25) is 0 Å². The molecule has 0 fully saturated rings. The lowest BCUT2D eigenvalue weighted by molar-refractivity contribution is -0.145. The van der Waals surface area contributed by atoms with Gasteiger partial charge in [0.05, 0.1) is 6.10 Å². The van der Waals surface area contributed by atoms with Crippen LogP contribution < -0.4 is 0 Å². The average Bonchev–Trinajstić information content (AvgIpc) is 2.45. The van der Waals surface area contributed by atoms with E-state index in [1.54, 1.807) is 6.08 Å². The van der Waals surface area contributed by atoms with E-state index in [4.69, 9.17) is 9.47 Å². The Morgan fingerprint density at radius 2 is 1.90 bits per heavy atom. The van der Waals surface area contributed by atoms with Crippen LogP contribution in [0, 0.1) is 0 Å². The second-order valence-electron chi connectivity index (χ2n) is 4.76. The molecule has 2 nitrogen and oxygen atoms in total. The summed E-state index contributed by atoms with van der Waals surface area (Å²) in [6.07, 6.45) is 1.85. The Bertz CT molecular complexity index is 448. The third kappa shape index (κ3) is 5.16. The van der Waals surface area contributed by atoms with Crippen LogP contribution in [-0.2, 0) is 9.47 Å². The van der Waals surface area contributed by atoms with E-state index >= 15 is 0 Å². The highest BCUT2D eigenvalue weighted by molar-refractivity contribution is 5.20. The largest absolute Gasteiger partial charge is 0.349 e. The molecule has 0 aromatic heterocycles. The Morgan fingerprint density at radius 1 is 1.25 bits per heavy atom. The van der Waals surface area contributed by atoms with Crippen LogP contribution in [0.25, 0.3) is 0 Å². The molecule has 108 valence electrons. The van der Waals surface area contributed by atoms with E-state index in [0.29, 0.717) is 6.61 Å². The van der Waals surface area contributed by atoms with E-state index in [9.17, 15) is 0 Å². The van der Waals surface area contributed by atoms with E-state index < -0.39 is 6.29 Å². The monoisotopic (exact) mass is 272 g/mol. The fourth-order valence-corrected chi connectivity index (χ4v) is 1.86. The van der Waals surface area contributed by atoms with Gasteiger partial charge >= 0.3 is 0 Å². The highest BCUT2D eigenvalue weighted by atomic mass is 16.7. The molecule has 0 heterocycles. The van der Waals surface area contributed by atoms with Crippen molar-refractivity contribution in [2.24, 2.45) is 0 Å². The average molecular weight is 272 g/mol. The SMILES string of the molecule is C=CC(=C)[C@@H](OCC)O[C@@H](CC(=C)C)c1ccccc1. The molecule has 0 aliphatic heterocycles. The van der Waals surface area contributed by atoms with Gasteiger partial charge in [0.25, 0.3) is 0 Å². The third-order valence-electron chi connectivity index (χ3n) is 2.88. The van der Waals surface area contributed by atoms with E-state index in [2.05, 4.69) is 19.7 Å². The van der Waals surface area contributed by atoms with Crippen LogP contribution in [-0.4, -0.2) is 12.9 Å². The summed E-state index contributed by atoms with van der Waals surface area (Å²) in [5, 5.41) is 0. The molecule has 0 saturated carbocycles. The van der Waals surface area contributed by atoms with Crippen molar-refractivity contribution in [3.05, 3.63) is 72.9 Å². The Morgan fingerprint density at radius 3 is 2.40 bits per heavy atom. The molecule has 0 bridgehead atoms. The normalized spacial score (nSPS) is 13.5. The summed E-state index contributed by atoms with van der Waals surface area (Å²) in [6.45, 7) is 16.1. The predicted molar refractivity (Wildman–Crippen MR) is 84.5 cm³/mol. The lowest BCUT2D eigenvalue weighted by Crippen LogP contribution is -2.22. The van der Waals surface area contributed by atoms with Crippen molar-refractivity contribution < 1.29 is 9.47 Å². The van der Waals surface area contributed by atoms with Gasteiger partial charge in [-0.2, -0.15) is 0 Å². The molecule has 1 aromatic rings. The molecule has 0 unspecified atom stereocenters. The van der Waals surface area contributed by atoms with E-state index in [1.807, 2.05) is 44.2 Å². The summed E-state index contributed by atoms with van der Waals surface area (Å²) >= 11 is 0. The lowest BCUT2D eigenvalue weighted by atomic mass is 10.0. The van der Waals surface area contributed by atoms with Crippen LogP contribution in [0.5, 0.6) is 0 Å². The van der Waals surface area contributed by atoms with E-state index in [1.165, 1.54) is 0 Å². The van der Waals surface area contributed by atoms with E-state index in [0.717, 1.165) is 23.1 Å². The van der Waals surface area contributed by atoms with Crippen molar-refractivity contribution in [2.45, 2.75) is 32.7 Å². The smallest absolute Gasteiger partial charge is 0.183 e. The van der Waals surface area contributed by atoms with Gasteiger partial charge in [0.1, 0.15) is 0 Å². The summed E-state index contributed by atoms with van der Waals surface area (Å²) < 4.78 is 11.7. The van der Waals surface area contributed by atoms with Crippen LogP contribution in [0.4, 0.5) is 0 Å². The van der Waals surface area contributed by atoms with Gasteiger partial charge in [0, 0.05) is 6.61 Å². The number of ether oxygens (including phenoxy) is 2. The first-order chi connectivity index (χ1) is 9.58. The van der Waals surface area contributed by atoms with Crippen LogP contribution in [0.3, 0.4) is 0 Å². The van der Waals surface area contributed by atoms with Crippen molar-refractivity contribution in [1.82, 2.24) is 0 Å². The van der Waals surface area contributed by atoms with Crippen molar-refractivity contribution in [1.29, 1.82) is 0 Å². The maximum Gasteiger partial charge on any atom is 0.183 e. The van der Waals surface area contributed by atoms with Gasteiger partial charge in [0.15, 0.2) is 6.29 Å². The zero-order valence-electron chi connectivity index (χ0n) is 12.5. The summed E-state index contributed by atoms with van der Waals surface area (Å²) in [5.74, 6) is 0. The highest BCUT2D eigenvalue weighted by Gasteiger charge is 2.20. The first-order valence-corrected chi connectivity index (χ1v) is 6.86. The van der Waals surface area contributed by atoms with Gasteiger partial charge in [-0.25, -0.2) is 0 Å². The van der Waals surface area contributed by atoms with E-state index in [-0.39, 0.29) is 6.10 Å². The van der Waals surface area contributed by atoms with Gasteiger partial charge in [-0.15, -0.1) is 6.58 Å². The molecule has 20 heavy (non-hydrogen) atoms. The molecule has 0 radical (unpaired) electrons. The third-order valence-corrected chi connectivity index (χ3v) is 2.88. The highest BCUT2D eigenvalue weighted by Crippen LogP contribution is 2.27. The van der Waals surface area contributed by atoms with Crippen LogP contribution >= 0.6 is 0 Å². The molecule has 1 rings (SSSR count). The molecule has 2 atom stereocenters. The summed E-state index contributed by atoms with van der Waals surface area (Å²) in [5.41, 5.74) is 2.91. The first-order valence-electron chi connectivity index (χ1n) is 6.86.